The molecule has 5 heteroatoms. The maximum Gasteiger partial charge on any atom is 0.328 e. The van der Waals surface area contributed by atoms with Crippen LogP contribution < -0.4 is 11.2 Å². The van der Waals surface area contributed by atoms with Crippen LogP contribution in [-0.4, -0.2) is 9.55 Å². The van der Waals surface area contributed by atoms with Crippen molar-refractivity contribution in [3.63, 3.8) is 0 Å². The molecule has 0 radical (unpaired) electrons. The number of H-pyrrole nitrogens is 1. The molecule has 2 atom stereocenters. The van der Waals surface area contributed by atoms with Crippen molar-refractivity contribution in [3.8, 4) is 6.07 Å². The lowest BCUT2D eigenvalue weighted by Gasteiger charge is -2.18. The van der Waals surface area contributed by atoms with Gasteiger partial charge in [0.25, 0.3) is 5.56 Å². The SMILES string of the molecule is CCC(C)CC(C)n1cc(C#N)c(=O)[nH]c1=O. The van der Waals surface area contributed by atoms with Crippen LogP contribution in [-0.2, 0) is 0 Å². The van der Waals surface area contributed by atoms with E-state index in [1.54, 1.807) is 6.07 Å². The Morgan fingerprint density at radius 3 is 2.65 bits per heavy atom. The van der Waals surface area contributed by atoms with Crippen LogP contribution in [0.4, 0.5) is 0 Å². The van der Waals surface area contributed by atoms with Gasteiger partial charge in [-0.05, 0) is 19.3 Å². The zero-order chi connectivity index (χ0) is 13.0. The molecule has 1 heterocycles. The highest BCUT2D eigenvalue weighted by molar-refractivity contribution is 5.21. The molecule has 0 aromatic carbocycles. The van der Waals surface area contributed by atoms with Crippen LogP contribution >= 0.6 is 0 Å². The van der Waals surface area contributed by atoms with E-state index in [1.165, 1.54) is 10.8 Å². The third kappa shape index (κ3) is 3.06. The Balaban J connectivity index is 3.11. The number of hydrogen-bond donors (Lipinski definition) is 1. The van der Waals surface area contributed by atoms with Gasteiger partial charge in [0.05, 0.1) is 0 Å². The minimum atomic E-state index is -0.621. The molecule has 0 saturated carbocycles. The van der Waals surface area contributed by atoms with Crippen LogP contribution in [0.3, 0.4) is 0 Å². The Kier molecular flexibility index (Phi) is 4.27. The summed E-state index contributed by atoms with van der Waals surface area (Å²) in [5, 5.41) is 8.76. The van der Waals surface area contributed by atoms with Crippen molar-refractivity contribution >= 4 is 0 Å². The minimum Gasteiger partial charge on any atom is -0.296 e. The molecular formula is C12H17N3O2. The maximum atomic E-state index is 11.6. The van der Waals surface area contributed by atoms with E-state index in [9.17, 15) is 9.59 Å². The van der Waals surface area contributed by atoms with E-state index in [4.69, 9.17) is 5.26 Å². The molecule has 1 rings (SSSR count). The molecular weight excluding hydrogens is 218 g/mol. The first kappa shape index (κ1) is 13.2. The molecule has 1 aromatic heterocycles. The summed E-state index contributed by atoms with van der Waals surface area (Å²) in [6, 6.07) is 1.76. The fourth-order valence-corrected chi connectivity index (χ4v) is 1.75. The van der Waals surface area contributed by atoms with Crippen molar-refractivity contribution in [2.75, 3.05) is 0 Å². The summed E-state index contributed by atoms with van der Waals surface area (Å²) in [7, 11) is 0. The highest BCUT2D eigenvalue weighted by Crippen LogP contribution is 2.17. The first-order valence-electron chi connectivity index (χ1n) is 5.75. The topological polar surface area (TPSA) is 78.7 Å². The van der Waals surface area contributed by atoms with Gasteiger partial charge in [-0.25, -0.2) is 4.79 Å². The number of aromatic nitrogens is 2. The molecule has 0 aliphatic carbocycles. The van der Waals surface area contributed by atoms with Crippen LogP contribution in [0.25, 0.3) is 0 Å². The zero-order valence-corrected chi connectivity index (χ0v) is 10.4. The monoisotopic (exact) mass is 235 g/mol. The molecule has 2 unspecified atom stereocenters. The average Bonchev–Trinajstić information content (AvgIpc) is 2.28. The van der Waals surface area contributed by atoms with Gasteiger partial charge in [-0.15, -0.1) is 0 Å². The number of aromatic amines is 1. The van der Waals surface area contributed by atoms with Crippen molar-refractivity contribution in [2.45, 2.75) is 39.7 Å². The third-order valence-corrected chi connectivity index (χ3v) is 3.00. The highest BCUT2D eigenvalue weighted by atomic mass is 16.2. The molecule has 0 amide bonds. The highest BCUT2D eigenvalue weighted by Gasteiger charge is 2.12. The van der Waals surface area contributed by atoms with Crippen molar-refractivity contribution in [2.24, 2.45) is 5.92 Å². The molecule has 0 fully saturated rings. The van der Waals surface area contributed by atoms with E-state index in [-0.39, 0.29) is 11.6 Å². The van der Waals surface area contributed by atoms with Gasteiger partial charge >= 0.3 is 5.69 Å². The zero-order valence-electron chi connectivity index (χ0n) is 10.4. The Bertz CT molecular complexity index is 536. The van der Waals surface area contributed by atoms with E-state index in [0.717, 1.165) is 12.8 Å². The molecule has 0 aliphatic heterocycles. The second-order valence-corrected chi connectivity index (χ2v) is 4.42. The summed E-state index contributed by atoms with van der Waals surface area (Å²) in [5.41, 5.74) is -1.10. The largest absolute Gasteiger partial charge is 0.328 e. The molecule has 0 saturated heterocycles. The fourth-order valence-electron chi connectivity index (χ4n) is 1.75. The Morgan fingerprint density at radius 1 is 1.47 bits per heavy atom. The fraction of sp³-hybridized carbons (Fsp3) is 0.583. The first-order chi connectivity index (χ1) is 7.99. The minimum absolute atomic E-state index is 0.0265. The predicted octanol–water partition coefficient (Wildman–Crippen LogP) is 1.41. The summed E-state index contributed by atoms with van der Waals surface area (Å²) in [4.78, 5) is 25.0. The molecule has 17 heavy (non-hydrogen) atoms. The number of nitrogens with one attached hydrogen (secondary N) is 1. The molecule has 0 bridgehead atoms. The van der Waals surface area contributed by atoms with Crippen LogP contribution in [0.5, 0.6) is 0 Å². The Morgan fingerprint density at radius 2 is 2.12 bits per heavy atom. The van der Waals surface area contributed by atoms with Crippen molar-refractivity contribution < 1.29 is 0 Å². The molecule has 5 nitrogen and oxygen atoms in total. The summed E-state index contributed by atoms with van der Waals surface area (Å²) in [5.74, 6) is 0.495. The Hall–Kier alpha value is -1.83. The summed E-state index contributed by atoms with van der Waals surface area (Å²) in [6.45, 7) is 6.11. The second-order valence-electron chi connectivity index (χ2n) is 4.42. The predicted molar refractivity (Wildman–Crippen MR) is 64.8 cm³/mol. The van der Waals surface area contributed by atoms with E-state index >= 15 is 0 Å². The van der Waals surface area contributed by atoms with Gasteiger partial charge in [-0.3, -0.25) is 14.3 Å². The molecule has 1 N–H and O–H groups in total. The van der Waals surface area contributed by atoms with E-state index in [0.29, 0.717) is 5.92 Å². The molecule has 0 spiro atoms. The van der Waals surface area contributed by atoms with Crippen LogP contribution in [0.1, 0.15) is 45.2 Å². The lowest BCUT2D eigenvalue weighted by atomic mass is 10.0. The van der Waals surface area contributed by atoms with Crippen molar-refractivity contribution in [1.29, 1.82) is 5.26 Å². The second kappa shape index (κ2) is 5.48. The van der Waals surface area contributed by atoms with Gasteiger partial charge < -0.3 is 0 Å². The average molecular weight is 235 g/mol. The van der Waals surface area contributed by atoms with Gasteiger partial charge in [-0.2, -0.15) is 5.26 Å². The molecule has 0 aliphatic rings. The van der Waals surface area contributed by atoms with Gasteiger partial charge in [0.1, 0.15) is 11.6 Å². The van der Waals surface area contributed by atoms with E-state index in [2.05, 4.69) is 18.8 Å². The van der Waals surface area contributed by atoms with Crippen LogP contribution in [0, 0.1) is 17.2 Å². The van der Waals surface area contributed by atoms with E-state index in [1.807, 2.05) is 6.92 Å². The van der Waals surface area contributed by atoms with Crippen molar-refractivity contribution in [1.82, 2.24) is 9.55 Å². The van der Waals surface area contributed by atoms with Crippen LogP contribution in [0.15, 0.2) is 15.8 Å². The standard InChI is InChI=1S/C12H17N3O2/c1-4-8(2)5-9(3)15-7-10(6-13)11(16)14-12(15)17/h7-9H,4-5H2,1-3H3,(H,14,16,17). The Labute approximate surface area is 99.7 Å². The van der Waals surface area contributed by atoms with Gasteiger partial charge in [-0.1, -0.05) is 20.3 Å². The quantitative estimate of drug-likeness (QED) is 0.856. The van der Waals surface area contributed by atoms with E-state index < -0.39 is 11.2 Å². The molecule has 92 valence electrons. The lowest BCUT2D eigenvalue weighted by molar-refractivity contribution is 0.387. The van der Waals surface area contributed by atoms with Gasteiger partial charge in [0, 0.05) is 12.2 Å². The third-order valence-electron chi connectivity index (χ3n) is 3.00. The summed E-state index contributed by atoms with van der Waals surface area (Å²) >= 11 is 0. The lowest BCUT2D eigenvalue weighted by Crippen LogP contribution is -2.33. The summed E-state index contributed by atoms with van der Waals surface area (Å²) in [6.07, 6.45) is 3.22. The van der Waals surface area contributed by atoms with Crippen molar-refractivity contribution in [3.05, 3.63) is 32.6 Å². The number of hydrogen-bond acceptors (Lipinski definition) is 3. The van der Waals surface area contributed by atoms with Gasteiger partial charge in [0.2, 0.25) is 0 Å². The maximum absolute atomic E-state index is 11.6. The summed E-state index contributed by atoms with van der Waals surface area (Å²) < 4.78 is 1.42. The van der Waals surface area contributed by atoms with Gasteiger partial charge in [0.15, 0.2) is 0 Å². The normalized spacial score (nSPS) is 14.0. The molecule has 1 aromatic rings. The first-order valence-corrected chi connectivity index (χ1v) is 5.75. The van der Waals surface area contributed by atoms with Crippen LogP contribution in [0.2, 0.25) is 0 Å². The number of rotatable bonds is 4. The number of nitriles is 1. The smallest absolute Gasteiger partial charge is 0.296 e. The number of nitrogens with zero attached hydrogens (tertiary/aromatic N) is 2.